The van der Waals surface area contributed by atoms with E-state index in [2.05, 4.69) is 20.3 Å². The molecule has 0 spiro atoms. The van der Waals surface area contributed by atoms with E-state index < -0.39 is 5.91 Å². The molecule has 0 bridgehead atoms. The number of para-hydroxylation sites is 1. The fourth-order valence-electron chi connectivity index (χ4n) is 3.88. The molecule has 4 aromatic rings. The molecule has 31 heavy (non-hydrogen) atoms. The molecule has 0 aliphatic carbocycles. The third-order valence-corrected chi connectivity index (χ3v) is 5.46. The van der Waals surface area contributed by atoms with E-state index in [0.717, 1.165) is 18.9 Å². The van der Waals surface area contributed by atoms with Crippen LogP contribution < -0.4 is 15.8 Å². The summed E-state index contributed by atoms with van der Waals surface area (Å²) in [6.45, 7) is 2.02. The van der Waals surface area contributed by atoms with Crippen molar-refractivity contribution < 1.29 is 4.79 Å². The minimum Gasteiger partial charge on any atom is -0.357 e. The third-order valence-electron chi connectivity index (χ3n) is 5.46. The van der Waals surface area contributed by atoms with Gasteiger partial charge in [0.05, 0.1) is 23.0 Å². The van der Waals surface area contributed by atoms with Crippen molar-refractivity contribution >= 4 is 28.2 Å². The van der Waals surface area contributed by atoms with Crippen LogP contribution in [-0.4, -0.2) is 33.8 Å². The van der Waals surface area contributed by atoms with E-state index in [1.807, 2.05) is 30.3 Å². The third kappa shape index (κ3) is 3.66. The van der Waals surface area contributed by atoms with Gasteiger partial charge in [0.25, 0.3) is 11.5 Å². The predicted molar refractivity (Wildman–Crippen MR) is 121 cm³/mol. The molecule has 1 amide bonds. The van der Waals surface area contributed by atoms with Gasteiger partial charge >= 0.3 is 0 Å². The molecule has 1 N–H and O–H groups in total. The Morgan fingerprint density at radius 2 is 1.58 bits per heavy atom. The molecule has 3 heterocycles. The summed E-state index contributed by atoms with van der Waals surface area (Å²) in [6.07, 6.45) is 4.01. The topological polar surface area (TPSA) is 80.1 Å². The Bertz CT molecular complexity index is 1290. The summed E-state index contributed by atoms with van der Waals surface area (Å²) in [5, 5.41) is 8.23. The molecule has 1 aliphatic rings. The second-order valence-electron chi connectivity index (χ2n) is 7.50. The Kier molecular flexibility index (Phi) is 4.92. The quantitative estimate of drug-likeness (QED) is 0.555. The standard InChI is InChI=1S/C24H21N5O2/c30-23(26-17-12-13-21(25-16-17)28-14-6-7-15-28)22-19-10-4-5-11-20(19)24(31)29(27-22)18-8-2-1-3-9-18/h1-5,8-13,16H,6-7,14-15H2,(H,26,30). The van der Waals surface area contributed by atoms with Gasteiger partial charge in [0, 0.05) is 18.5 Å². The van der Waals surface area contributed by atoms with E-state index in [0.29, 0.717) is 22.1 Å². The number of pyridine rings is 1. The summed E-state index contributed by atoms with van der Waals surface area (Å²) in [5.74, 6) is 0.522. The molecular formula is C24H21N5O2. The largest absolute Gasteiger partial charge is 0.357 e. The zero-order valence-corrected chi connectivity index (χ0v) is 16.9. The molecule has 0 atom stereocenters. The van der Waals surface area contributed by atoms with Crippen molar-refractivity contribution in [3.63, 3.8) is 0 Å². The Balaban J connectivity index is 1.51. The van der Waals surface area contributed by atoms with Crippen LogP contribution in [0.2, 0.25) is 0 Å². The molecule has 1 aliphatic heterocycles. The van der Waals surface area contributed by atoms with Gasteiger partial charge in [-0.05, 0) is 43.2 Å². The number of anilines is 2. The molecule has 0 radical (unpaired) electrons. The van der Waals surface area contributed by atoms with Gasteiger partial charge in [-0.15, -0.1) is 0 Å². The number of carbonyl (C=O) groups excluding carboxylic acids is 1. The second kappa shape index (κ2) is 8.02. The number of hydrogen-bond acceptors (Lipinski definition) is 5. The first-order valence-electron chi connectivity index (χ1n) is 10.3. The number of fused-ring (bicyclic) bond motifs is 1. The average molecular weight is 411 g/mol. The number of nitrogens with one attached hydrogen (secondary N) is 1. The lowest BCUT2D eigenvalue weighted by Crippen LogP contribution is -2.26. The number of benzene rings is 2. The maximum Gasteiger partial charge on any atom is 0.279 e. The number of amides is 1. The van der Waals surface area contributed by atoms with Crippen LogP contribution in [0.15, 0.2) is 77.7 Å². The number of carbonyl (C=O) groups is 1. The first kappa shape index (κ1) is 19.0. The summed E-state index contributed by atoms with van der Waals surface area (Å²) in [5.41, 5.74) is 1.10. The summed E-state index contributed by atoms with van der Waals surface area (Å²) in [6, 6.07) is 19.9. The van der Waals surface area contributed by atoms with Crippen molar-refractivity contribution in [2.24, 2.45) is 0 Å². The zero-order chi connectivity index (χ0) is 21.2. The zero-order valence-electron chi connectivity index (χ0n) is 16.9. The molecule has 0 saturated carbocycles. The summed E-state index contributed by atoms with van der Waals surface area (Å²) < 4.78 is 1.27. The van der Waals surface area contributed by atoms with Crippen LogP contribution in [0.1, 0.15) is 23.3 Å². The highest BCUT2D eigenvalue weighted by atomic mass is 16.2. The maximum atomic E-state index is 13.1. The van der Waals surface area contributed by atoms with Gasteiger partial charge in [0.2, 0.25) is 0 Å². The summed E-state index contributed by atoms with van der Waals surface area (Å²) in [4.78, 5) is 32.8. The monoisotopic (exact) mass is 411 g/mol. The Hall–Kier alpha value is -4.00. The second-order valence-corrected chi connectivity index (χ2v) is 7.50. The van der Waals surface area contributed by atoms with Crippen molar-refractivity contribution in [2.45, 2.75) is 12.8 Å². The van der Waals surface area contributed by atoms with E-state index in [1.54, 1.807) is 42.6 Å². The van der Waals surface area contributed by atoms with Crippen LogP contribution in [0.4, 0.5) is 11.5 Å². The molecule has 7 nitrogen and oxygen atoms in total. The van der Waals surface area contributed by atoms with Crippen LogP contribution in [0.25, 0.3) is 16.5 Å². The van der Waals surface area contributed by atoms with Gasteiger partial charge in [0.15, 0.2) is 5.69 Å². The Labute approximate surface area is 179 Å². The van der Waals surface area contributed by atoms with E-state index >= 15 is 0 Å². The smallest absolute Gasteiger partial charge is 0.279 e. The normalized spacial score (nSPS) is 13.5. The Morgan fingerprint density at radius 3 is 2.29 bits per heavy atom. The SMILES string of the molecule is O=C(Nc1ccc(N2CCCC2)nc1)c1nn(-c2ccccc2)c(=O)c2ccccc12. The van der Waals surface area contributed by atoms with Crippen LogP contribution in [0, 0.1) is 0 Å². The lowest BCUT2D eigenvalue weighted by molar-refractivity contribution is 0.102. The van der Waals surface area contributed by atoms with E-state index in [1.165, 1.54) is 17.5 Å². The lowest BCUT2D eigenvalue weighted by atomic mass is 10.1. The molecule has 1 saturated heterocycles. The molecule has 0 unspecified atom stereocenters. The minimum absolute atomic E-state index is 0.183. The van der Waals surface area contributed by atoms with Crippen molar-refractivity contribution in [3.8, 4) is 5.69 Å². The van der Waals surface area contributed by atoms with Crippen molar-refractivity contribution in [3.05, 3.63) is 89.0 Å². The molecule has 154 valence electrons. The molecule has 1 fully saturated rings. The van der Waals surface area contributed by atoms with Crippen LogP contribution in [-0.2, 0) is 0 Å². The van der Waals surface area contributed by atoms with E-state index in [-0.39, 0.29) is 11.3 Å². The molecular weight excluding hydrogens is 390 g/mol. The van der Waals surface area contributed by atoms with Gasteiger partial charge in [-0.2, -0.15) is 9.78 Å². The number of aromatic nitrogens is 3. The van der Waals surface area contributed by atoms with Crippen LogP contribution >= 0.6 is 0 Å². The lowest BCUT2D eigenvalue weighted by Gasteiger charge is -2.16. The first-order valence-corrected chi connectivity index (χ1v) is 10.3. The van der Waals surface area contributed by atoms with E-state index in [4.69, 9.17) is 0 Å². The number of hydrogen-bond donors (Lipinski definition) is 1. The van der Waals surface area contributed by atoms with Crippen molar-refractivity contribution in [1.29, 1.82) is 0 Å². The summed E-state index contributed by atoms with van der Waals surface area (Å²) >= 11 is 0. The fourth-order valence-corrected chi connectivity index (χ4v) is 3.88. The van der Waals surface area contributed by atoms with Gasteiger partial charge in [-0.25, -0.2) is 4.98 Å². The highest BCUT2D eigenvalue weighted by Gasteiger charge is 2.18. The van der Waals surface area contributed by atoms with Gasteiger partial charge in [0.1, 0.15) is 5.82 Å². The molecule has 7 heteroatoms. The van der Waals surface area contributed by atoms with Gasteiger partial charge < -0.3 is 10.2 Å². The van der Waals surface area contributed by atoms with Gasteiger partial charge in [-0.3, -0.25) is 9.59 Å². The van der Waals surface area contributed by atoms with E-state index in [9.17, 15) is 9.59 Å². The highest BCUT2D eigenvalue weighted by Crippen LogP contribution is 2.20. The van der Waals surface area contributed by atoms with Crippen LogP contribution in [0.5, 0.6) is 0 Å². The maximum absolute atomic E-state index is 13.1. The van der Waals surface area contributed by atoms with Crippen molar-refractivity contribution in [2.75, 3.05) is 23.3 Å². The number of rotatable bonds is 4. The fraction of sp³-hybridized carbons (Fsp3) is 0.167. The summed E-state index contributed by atoms with van der Waals surface area (Å²) in [7, 11) is 0. The molecule has 2 aromatic carbocycles. The molecule has 5 rings (SSSR count). The van der Waals surface area contributed by atoms with Crippen LogP contribution in [0.3, 0.4) is 0 Å². The minimum atomic E-state index is -0.392. The predicted octanol–water partition coefficient (Wildman–Crippen LogP) is 3.63. The number of nitrogens with zero attached hydrogens (tertiary/aromatic N) is 4. The highest BCUT2D eigenvalue weighted by molar-refractivity contribution is 6.11. The van der Waals surface area contributed by atoms with Gasteiger partial charge in [-0.1, -0.05) is 36.4 Å². The average Bonchev–Trinajstić information content (AvgIpc) is 3.35. The molecule has 2 aromatic heterocycles. The van der Waals surface area contributed by atoms with Crippen molar-refractivity contribution in [1.82, 2.24) is 14.8 Å². The Morgan fingerprint density at radius 1 is 0.871 bits per heavy atom. The first-order chi connectivity index (χ1) is 15.2.